The van der Waals surface area contributed by atoms with Crippen LogP contribution in [0.25, 0.3) is 0 Å². The lowest BCUT2D eigenvalue weighted by Crippen LogP contribution is -2.30. The van der Waals surface area contributed by atoms with Gasteiger partial charge in [0.15, 0.2) is 0 Å². The summed E-state index contributed by atoms with van der Waals surface area (Å²) in [7, 11) is -2.42. The summed E-state index contributed by atoms with van der Waals surface area (Å²) < 4.78 is 40.2. The molecule has 1 saturated carbocycles. The van der Waals surface area contributed by atoms with Crippen LogP contribution in [0.2, 0.25) is 5.02 Å². The third-order valence-corrected chi connectivity index (χ3v) is 5.80. The fraction of sp³-hybridized carbons (Fsp3) is 0.538. The first-order valence-corrected chi connectivity index (χ1v) is 8.23. The monoisotopic (exact) mass is 320 g/mol. The fourth-order valence-electron chi connectivity index (χ4n) is 2.20. The first-order valence-electron chi connectivity index (χ1n) is 6.41. The molecule has 1 fully saturated rings. The van der Waals surface area contributed by atoms with E-state index in [-0.39, 0.29) is 17.1 Å². The summed E-state index contributed by atoms with van der Waals surface area (Å²) in [5, 5.41) is 0.165. The smallest absolute Gasteiger partial charge is 0.245 e. The Kier molecular flexibility index (Phi) is 4.39. The van der Waals surface area contributed by atoms with Crippen molar-refractivity contribution in [2.45, 2.75) is 24.8 Å². The maximum absolute atomic E-state index is 14.2. The van der Waals surface area contributed by atoms with Gasteiger partial charge in [-0.25, -0.2) is 17.1 Å². The van der Waals surface area contributed by atoms with Crippen molar-refractivity contribution in [1.29, 1.82) is 0 Å². The minimum atomic E-state index is -3.88. The van der Waals surface area contributed by atoms with Crippen LogP contribution in [0.4, 0.5) is 4.39 Å². The first kappa shape index (κ1) is 15.7. The van der Waals surface area contributed by atoms with Crippen LogP contribution in [0.1, 0.15) is 18.9 Å². The molecular weight excluding hydrogens is 303 g/mol. The van der Waals surface area contributed by atoms with Crippen LogP contribution in [-0.2, 0) is 16.6 Å². The van der Waals surface area contributed by atoms with E-state index in [0.29, 0.717) is 18.4 Å². The lowest BCUT2D eigenvalue weighted by Gasteiger charge is -2.18. The van der Waals surface area contributed by atoms with Crippen molar-refractivity contribution in [2.24, 2.45) is 17.6 Å². The second kappa shape index (κ2) is 5.60. The highest BCUT2D eigenvalue weighted by atomic mass is 35.5. The second-order valence-electron chi connectivity index (χ2n) is 5.34. The summed E-state index contributed by atoms with van der Waals surface area (Å²) in [6.45, 7) is 2.36. The number of rotatable bonds is 5. The van der Waals surface area contributed by atoms with Crippen molar-refractivity contribution in [2.75, 3.05) is 13.6 Å². The molecule has 0 spiro atoms. The van der Waals surface area contributed by atoms with E-state index in [1.165, 1.54) is 17.4 Å². The number of hydrogen-bond donors (Lipinski definition) is 1. The molecule has 7 heteroatoms. The number of benzene rings is 1. The molecule has 0 heterocycles. The van der Waals surface area contributed by atoms with Gasteiger partial charge >= 0.3 is 0 Å². The van der Waals surface area contributed by atoms with Crippen LogP contribution in [-0.4, -0.2) is 26.3 Å². The Morgan fingerprint density at radius 1 is 1.50 bits per heavy atom. The lowest BCUT2D eigenvalue weighted by atomic mass is 10.2. The molecule has 0 aliphatic heterocycles. The Morgan fingerprint density at radius 3 is 2.60 bits per heavy atom. The van der Waals surface area contributed by atoms with Crippen LogP contribution in [0.3, 0.4) is 0 Å². The van der Waals surface area contributed by atoms with Gasteiger partial charge in [0.25, 0.3) is 0 Å². The lowest BCUT2D eigenvalue weighted by molar-refractivity contribution is 0.439. The minimum absolute atomic E-state index is 0.0989. The fourth-order valence-corrected chi connectivity index (χ4v) is 3.87. The SMILES string of the molecule is CC1CC1CN(C)S(=O)(=O)c1cc(Cl)cc(CN)c1F. The van der Waals surface area contributed by atoms with Crippen molar-refractivity contribution < 1.29 is 12.8 Å². The van der Waals surface area contributed by atoms with Crippen molar-refractivity contribution in [1.82, 2.24) is 4.31 Å². The third-order valence-electron chi connectivity index (χ3n) is 3.76. The van der Waals surface area contributed by atoms with Gasteiger partial charge in [-0.1, -0.05) is 18.5 Å². The van der Waals surface area contributed by atoms with E-state index >= 15 is 0 Å². The molecule has 2 N–H and O–H groups in total. The number of nitrogens with two attached hydrogens (primary N) is 1. The van der Waals surface area contributed by atoms with E-state index in [4.69, 9.17) is 17.3 Å². The van der Waals surface area contributed by atoms with E-state index in [0.717, 1.165) is 12.5 Å². The van der Waals surface area contributed by atoms with Crippen molar-refractivity contribution in [3.8, 4) is 0 Å². The van der Waals surface area contributed by atoms with Gasteiger partial charge in [-0.3, -0.25) is 0 Å². The van der Waals surface area contributed by atoms with Gasteiger partial charge in [0.05, 0.1) is 0 Å². The topological polar surface area (TPSA) is 63.4 Å². The van der Waals surface area contributed by atoms with Crippen LogP contribution < -0.4 is 5.73 Å². The Morgan fingerprint density at radius 2 is 2.10 bits per heavy atom. The number of hydrogen-bond acceptors (Lipinski definition) is 3. The Labute approximate surface area is 123 Å². The van der Waals surface area contributed by atoms with Gasteiger partial charge in [0, 0.05) is 30.7 Å². The Bertz CT molecular complexity index is 621. The Hall–Kier alpha value is -0.690. The summed E-state index contributed by atoms with van der Waals surface area (Å²) in [5.41, 5.74) is 5.51. The molecule has 4 nitrogen and oxygen atoms in total. The molecule has 0 aromatic heterocycles. The van der Waals surface area contributed by atoms with Crippen LogP contribution in [0, 0.1) is 17.7 Å². The predicted molar refractivity (Wildman–Crippen MR) is 76.4 cm³/mol. The van der Waals surface area contributed by atoms with Crippen LogP contribution in [0.15, 0.2) is 17.0 Å². The summed E-state index contributed by atoms with van der Waals surface area (Å²) in [5.74, 6) is 0.0649. The maximum atomic E-state index is 14.2. The minimum Gasteiger partial charge on any atom is -0.326 e. The molecule has 20 heavy (non-hydrogen) atoms. The zero-order valence-electron chi connectivity index (χ0n) is 11.4. The molecule has 0 bridgehead atoms. The normalized spacial score (nSPS) is 22.3. The van der Waals surface area contributed by atoms with Gasteiger partial charge in [0.2, 0.25) is 10.0 Å². The van der Waals surface area contributed by atoms with Crippen LogP contribution >= 0.6 is 11.6 Å². The molecule has 1 aromatic carbocycles. The Balaban J connectivity index is 2.35. The van der Waals surface area contributed by atoms with Gasteiger partial charge < -0.3 is 5.73 Å². The van der Waals surface area contributed by atoms with Crippen molar-refractivity contribution >= 4 is 21.6 Å². The molecule has 1 aliphatic carbocycles. The first-order chi connectivity index (χ1) is 9.27. The molecule has 0 radical (unpaired) electrons. The maximum Gasteiger partial charge on any atom is 0.245 e. The van der Waals surface area contributed by atoms with Crippen LogP contribution in [0.5, 0.6) is 0 Å². The zero-order chi connectivity index (χ0) is 15.1. The summed E-state index contributed by atoms with van der Waals surface area (Å²) in [6.07, 6.45) is 1.01. The summed E-state index contributed by atoms with van der Waals surface area (Å²) in [6, 6.07) is 2.48. The van der Waals surface area contributed by atoms with E-state index in [1.807, 2.05) is 0 Å². The second-order valence-corrected chi connectivity index (χ2v) is 7.79. The predicted octanol–water partition coefficient (Wildman–Crippen LogP) is 2.21. The molecule has 1 aromatic rings. The molecule has 112 valence electrons. The molecule has 2 unspecified atom stereocenters. The highest BCUT2D eigenvalue weighted by Crippen LogP contribution is 2.39. The third kappa shape index (κ3) is 2.98. The molecule has 2 atom stereocenters. The van der Waals surface area contributed by atoms with Crippen molar-refractivity contribution in [3.05, 3.63) is 28.5 Å². The average molecular weight is 321 g/mol. The zero-order valence-corrected chi connectivity index (χ0v) is 13.0. The molecule has 2 rings (SSSR count). The van der Waals surface area contributed by atoms with Gasteiger partial charge in [0.1, 0.15) is 10.7 Å². The quantitative estimate of drug-likeness (QED) is 0.904. The summed E-state index contributed by atoms with van der Waals surface area (Å²) >= 11 is 5.85. The average Bonchev–Trinajstić information content (AvgIpc) is 3.07. The largest absolute Gasteiger partial charge is 0.326 e. The summed E-state index contributed by atoms with van der Waals surface area (Å²) in [4.78, 5) is -0.402. The molecular formula is C13H18ClFN2O2S. The number of sulfonamides is 1. The molecule has 0 amide bonds. The van der Waals surface area contributed by atoms with Gasteiger partial charge in [-0.2, -0.15) is 0 Å². The van der Waals surface area contributed by atoms with Gasteiger partial charge in [-0.15, -0.1) is 0 Å². The molecule has 0 saturated heterocycles. The number of nitrogens with zero attached hydrogens (tertiary/aromatic N) is 1. The standard InChI is InChI=1S/C13H18ClFN2O2S/c1-8-3-10(8)7-17(2)20(18,19)12-5-11(14)4-9(6-16)13(12)15/h4-5,8,10H,3,6-7,16H2,1-2H3. The highest BCUT2D eigenvalue weighted by molar-refractivity contribution is 7.89. The van der Waals surface area contributed by atoms with E-state index < -0.39 is 20.7 Å². The van der Waals surface area contributed by atoms with Gasteiger partial charge in [-0.05, 0) is 30.4 Å². The van der Waals surface area contributed by atoms with Crippen molar-refractivity contribution in [3.63, 3.8) is 0 Å². The highest BCUT2D eigenvalue weighted by Gasteiger charge is 2.37. The van der Waals surface area contributed by atoms with E-state index in [2.05, 4.69) is 6.92 Å². The van der Waals surface area contributed by atoms with E-state index in [9.17, 15) is 12.8 Å². The molecule has 1 aliphatic rings. The van der Waals surface area contributed by atoms with E-state index in [1.54, 1.807) is 0 Å². The number of halogens is 2.